The Hall–Kier alpha value is -1.20. The van der Waals surface area contributed by atoms with Crippen molar-refractivity contribution in [2.45, 2.75) is 31.3 Å². The van der Waals surface area contributed by atoms with E-state index in [2.05, 4.69) is 0 Å². The summed E-state index contributed by atoms with van der Waals surface area (Å²) < 4.78 is 26.2. The van der Waals surface area contributed by atoms with Gasteiger partial charge in [0, 0.05) is 25.2 Å². The molecule has 0 bridgehead atoms. The van der Waals surface area contributed by atoms with E-state index < -0.39 is 17.2 Å². The lowest BCUT2D eigenvalue weighted by atomic mass is 9.76. The van der Waals surface area contributed by atoms with E-state index in [4.69, 9.17) is 5.73 Å². The Morgan fingerprint density at radius 2 is 2.05 bits per heavy atom. The van der Waals surface area contributed by atoms with Crippen LogP contribution in [0.5, 0.6) is 0 Å². The first kappa shape index (κ1) is 15.9. The van der Waals surface area contributed by atoms with Crippen LogP contribution in [-0.2, 0) is 11.3 Å². The molecule has 0 aromatic heterocycles. The van der Waals surface area contributed by atoms with Gasteiger partial charge in [-0.15, -0.1) is 12.4 Å². The Bertz CT molecular complexity index is 478. The Balaban J connectivity index is 0.00000180. The van der Waals surface area contributed by atoms with Crippen LogP contribution in [0.2, 0.25) is 0 Å². The molecule has 0 unspecified atom stereocenters. The second-order valence-electron chi connectivity index (χ2n) is 4.91. The van der Waals surface area contributed by atoms with Crippen LogP contribution < -0.4 is 5.73 Å². The molecule has 1 aromatic carbocycles. The van der Waals surface area contributed by atoms with Crippen molar-refractivity contribution in [1.29, 1.82) is 0 Å². The van der Waals surface area contributed by atoms with Gasteiger partial charge in [-0.3, -0.25) is 4.79 Å². The fourth-order valence-electron chi connectivity index (χ4n) is 2.13. The monoisotopic (exact) mass is 290 g/mol. The third-order valence-electron chi connectivity index (χ3n) is 3.44. The molecule has 0 radical (unpaired) electrons. The van der Waals surface area contributed by atoms with E-state index in [0.717, 1.165) is 12.5 Å². The molecule has 1 aliphatic rings. The topological polar surface area (TPSA) is 46.3 Å². The maximum absolute atomic E-state index is 13.5. The van der Waals surface area contributed by atoms with Crippen LogP contribution in [0, 0.1) is 11.6 Å². The van der Waals surface area contributed by atoms with Gasteiger partial charge < -0.3 is 10.6 Å². The summed E-state index contributed by atoms with van der Waals surface area (Å²) in [5, 5.41) is 0. The molecule has 0 aliphatic heterocycles. The third-order valence-corrected chi connectivity index (χ3v) is 3.44. The van der Waals surface area contributed by atoms with Crippen molar-refractivity contribution in [3.05, 3.63) is 35.4 Å². The van der Waals surface area contributed by atoms with Gasteiger partial charge in [-0.05, 0) is 25.3 Å². The van der Waals surface area contributed by atoms with Crippen LogP contribution in [0.3, 0.4) is 0 Å². The van der Waals surface area contributed by atoms with Crippen molar-refractivity contribution >= 4 is 18.3 Å². The van der Waals surface area contributed by atoms with E-state index in [1.807, 2.05) is 0 Å². The predicted molar refractivity (Wildman–Crippen MR) is 70.8 cm³/mol. The molecule has 1 aliphatic carbocycles. The highest BCUT2D eigenvalue weighted by Gasteiger charge is 2.41. The van der Waals surface area contributed by atoms with Gasteiger partial charge in [-0.2, -0.15) is 0 Å². The molecule has 0 spiro atoms. The Labute approximate surface area is 117 Å². The molecule has 19 heavy (non-hydrogen) atoms. The van der Waals surface area contributed by atoms with Crippen LogP contribution in [0.25, 0.3) is 0 Å². The molecular formula is C13H17ClF2N2O. The van der Waals surface area contributed by atoms with Gasteiger partial charge >= 0.3 is 0 Å². The molecule has 1 amide bonds. The van der Waals surface area contributed by atoms with E-state index in [0.29, 0.717) is 12.8 Å². The summed E-state index contributed by atoms with van der Waals surface area (Å²) in [6.45, 7) is 0.101. The number of nitrogens with two attached hydrogens (primary N) is 1. The highest BCUT2D eigenvalue weighted by atomic mass is 35.5. The molecule has 2 rings (SSSR count). The minimum atomic E-state index is -0.786. The first-order valence-electron chi connectivity index (χ1n) is 5.91. The normalized spacial score (nSPS) is 16.2. The predicted octanol–water partition coefficient (Wildman–Crippen LogP) is 2.23. The molecule has 6 heteroatoms. The molecule has 1 saturated carbocycles. The molecule has 3 nitrogen and oxygen atoms in total. The molecular weight excluding hydrogens is 274 g/mol. The minimum absolute atomic E-state index is 0. The summed E-state index contributed by atoms with van der Waals surface area (Å²) in [6, 6.07) is 3.34. The zero-order valence-corrected chi connectivity index (χ0v) is 11.5. The van der Waals surface area contributed by atoms with Gasteiger partial charge in [0.1, 0.15) is 11.6 Å². The van der Waals surface area contributed by atoms with Crippen molar-refractivity contribution in [3.8, 4) is 0 Å². The maximum atomic E-state index is 13.5. The number of halogens is 3. The highest BCUT2D eigenvalue weighted by molar-refractivity contribution is 5.86. The summed E-state index contributed by atoms with van der Waals surface area (Å²) in [4.78, 5) is 13.4. The molecule has 0 atom stereocenters. The number of hydrogen-bond donors (Lipinski definition) is 1. The Morgan fingerprint density at radius 3 is 2.53 bits per heavy atom. The number of nitrogens with zero attached hydrogens (tertiary/aromatic N) is 1. The SMILES string of the molecule is CN(Cc1ccc(F)cc1F)C(=O)C1(N)CCC1.Cl. The van der Waals surface area contributed by atoms with Crippen molar-refractivity contribution in [1.82, 2.24) is 4.90 Å². The third kappa shape index (κ3) is 3.22. The molecule has 0 heterocycles. The zero-order chi connectivity index (χ0) is 13.3. The standard InChI is InChI=1S/C13H16F2N2O.ClH/c1-17(12(18)13(16)5-2-6-13)8-9-3-4-10(14)7-11(9)15;/h3-4,7H,2,5-6,8,16H2,1H3;1H. The zero-order valence-electron chi connectivity index (χ0n) is 10.7. The van der Waals surface area contributed by atoms with Gasteiger partial charge in [-0.25, -0.2) is 8.78 Å². The van der Waals surface area contributed by atoms with Gasteiger partial charge in [0.15, 0.2) is 0 Å². The first-order valence-corrected chi connectivity index (χ1v) is 5.91. The lowest BCUT2D eigenvalue weighted by molar-refractivity contribution is -0.139. The summed E-state index contributed by atoms with van der Waals surface area (Å²) in [7, 11) is 1.58. The molecule has 0 saturated heterocycles. The lowest BCUT2D eigenvalue weighted by Crippen LogP contribution is -2.58. The number of amides is 1. The van der Waals surface area contributed by atoms with Gasteiger partial charge in [-0.1, -0.05) is 6.07 Å². The Kier molecular flexibility index (Phi) is 4.87. The maximum Gasteiger partial charge on any atom is 0.242 e. The minimum Gasteiger partial charge on any atom is -0.340 e. The van der Waals surface area contributed by atoms with Crippen molar-refractivity contribution in [2.75, 3.05) is 7.05 Å². The first-order chi connectivity index (χ1) is 8.42. The van der Waals surface area contributed by atoms with Crippen LogP contribution in [0.15, 0.2) is 18.2 Å². The number of rotatable bonds is 3. The number of likely N-dealkylation sites (N-methyl/N-ethyl adjacent to an activating group) is 1. The van der Waals surface area contributed by atoms with E-state index in [1.165, 1.54) is 17.0 Å². The van der Waals surface area contributed by atoms with E-state index in [-0.39, 0.29) is 30.4 Å². The van der Waals surface area contributed by atoms with Crippen LogP contribution in [0.1, 0.15) is 24.8 Å². The van der Waals surface area contributed by atoms with Crippen molar-refractivity contribution < 1.29 is 13.6 Å². The van der Waals surface area contributed by atoms with Crippen molar-refractivity contribution in [2.24, 2.45) is 5.73 Å². The number of benzene rings is 1. The summed E-state index contributed by atoms with van der Waals surface area (Å²) in [6.07, 6.45) is 2.28. The van der Waals surface area contributed by atoms with Gasteiger partial charge in [0.25, 0.3) is 0 Å². The average molecular weight is 291 g/mol. The second-order valence-corrected chi connectivity index (χ2v) is 4.91. The van der Waals surface area contributed by atoms with Gasteiger partial charge in [0.2, 0.25) is 5.91 Å². The second kappa shape index (κ2) is 5.84. The van der Waals surface area contributed by atoms with Gasteiger partial charge in [0.05, 0.1) is 5.54 Å². The number of carbonyl (C=O) groups excluding carboxylic acids is 1. The Morgan fingerprint density at radius 1 is 1.42 bits per heavy atom. The van der Waals surface area contributed by atoms with E-state index in [1.54, 1.807) is 7.05 Å². The number of hydrogen-bond acceptors (Lipinski definition) is 2. The lowest BCUT2D eigenvalue weighted by Gasteiger charge is -2.39. The van der Waals surface area contributed by atoms with E-state index >= 15 is 0 Å². The summed E-state index contributed by atoms with van der Waals surface area (Å²) >= 11 is 0. The number of carbonyl (C=O) groups is 1. The largest absolute Gasteiger partial charge is 0.340 e. The summed E-state index contributed by atoms with van der Waals surface area (Å²) in [5.74, 6) is -1.45. The van der Waals surface area contributed by atoms with Crippen molar-refractivity contribution in [3.63, 3.8) is 0 Å². The van der Waals surface area contributed by atoms with Crippen LogP contribution in [0.4, 0.5) is 8.78 Å². The molecule has 106 valence electrons. The van der Waals surface area contributed by atoms with Crippen LogP contribution >= 0.6 is 12.4 Å². The highest BCUT2D eigenvalue weighted by Crippen LogP contribution is 2.31. The average Bonchev–Trinajstić information content (AvgIpc) is 2.28. The smallest absolute Gasteiger partial charge is 0.242 e. The van der Waals surface area contributed by atoms with Crippen LogP contribution in [-0.4, -0.2) is 23.4 Å². The fourth-order valence-corrected chi connectivity index (χ4v) is 2.13. The fraction of sp³-hybridized carbons (Fsp3) is 0.462. The molecule has 1 aromatic rings. The molecule has 2 N–H and O–H groups in total. The van der Waals surface area contributed by atoms with E-state index in [9.17, 15) is 13.6 Å². The summed E-state index contributed by atoms with van der Waals surface area (Å²) in [5.41, 5.74) is 5.42. The quantitative estimate of drug-likeness (QED) is 0.928. The molecule has 1 fully saturated rings.